The summed E-state index contributed by atoms with van der Waals surface area (Å²) in [7, 11) is -2.90. The smallest absolute Gasteiger partial charge is 0.148 e. The molecular weight excluding hydrogens is 278 g/mol. The summed E-state index contributed by atoms with van der Waals surface area (Å²) in [6.45, 7) is 7.50. The molecule has 1 unspecified atom stereocenters. The first kappa shape index (κ1) is 15.5. The number of aryl methyl sites for hydroxylation is 2. The van der Waals surface area contributed by atoms with E-state index in [4.69, 9.17) is 4.74 Å². The molecule has 0 radical (unpaired) electrons. The van der Waals surface area contributed by atoms with E-state index in [9.17, 15) is 8.42 Å². The SMILES string of the molecule is Cc1cc(C)n(CC2CN(CCS(C)(=O)=O)CCO2)n1. The predicted octanol–water partition coefficient (Wildman–Crippen LogP) is 0.245. The van der Waals surface area contributed by atoms with Gasteiger partial charge in [0, 0.05) is 31.6 Å². The molecule has 1 aromatic heterocycles. The highest BCUT2D eigenvalue weighted by Crippen LogP contribution is 2.10. The second-order valence-electron chi connectivity index (χ2n) is 5.53. The van der Waals surface area contributed by atoms with Gasteiger partial charge < -0.3 is 4.74 Å². The normalized spacial score (nSPS) is 21.2. The summed E-state index contributed by atoms with van der Waals surface area (Å²) in [4.78, 5) is 2.15. The van der Waals surface area contributed by atoms with Gasteiger partial charge in [-0.2, -0.15) is 5.10 Å². The number of aromatic nitrogens is 2. The van der Waals surface area contributed by atoms with Gasteiger partial charge in [-0.3, -0.25) is 9.58 Å². The Kier molecular flexibility index (Phi) is 4.82. The van der Waals surface area contributed by atoms with Gasteiger partial charge in [0.2, 0.25) is 0 Å². The summed E-state index contributed by atoms with van der Waals surface area (Å²) < 4.78 is 30.2. The van der Waals surface area contributed by atoms with E-state index in [2.05, 4.69) is 10.00 Å². The lowest BCUT2D eigenvalue weighted by molar-refractivity contribution is -0.0358. The standard InChI is InChI=1S/C13H23N3O3S/c1-11-8-12(2)16(14-11)10-13-9-15(4-6-19-13)5-7-20(3,17)18/h8,13H,4-7,9-10H2,1-3H3. The molecule has 114 valence electrons. The predicted molar refractivity (Wildman–Crippen MR) is 77.6 cm³/mol. The van der Waals surface area contributed by atoms with Crippen molar-refractivity contribution >= 4 is 9.84 Å². The molecule has 1 fully saturated rings. The van der Waals surface area contributed by atoms with Crippen LogP contribution in [0.2, 0.25) is 0 Å². The van der Waals surface area contributed by atoms with E-state index in [0.29, 0.717) is 13.2 Å². The Labute approximate surface area is 120 Å². The minimum absolute atomic E-state index is 0.0707. The minimum atomic E-state index is -2.90. The van der Waals surface area contributed by atoms with E-state index < -0.39 is 9.84 Å². The molecule has 0 bridgehead atoms. The molecule has 2 heterocycles. The Morgan fingerprint density at radius 3 is 2.80 bits per heavy atom. The van der Waals surface area contributed by atoms with Crippen molar-refractivity contribution in [2.24, 2.45) is 0 Å². The van der Waals surface area contributed by atoms with Crippen LogP contribution in [0.3, 0.4) is 0 Å². The molecule has 0 amide bonds. The first-order valence-corrected chi connectivity index (χ1v) is 8.92. The largest absolute Gasteiger partial charge is 0.374 e. The Hall–Kier alpha value is -0.920. The van der Waals surface area contributed by atoms with E-state index in [0.717, 1.165) is 31.0 Å². The maximum absolute atomic E-state index is 11.2. The summed E-state index contributed by atoms with van der Waals surface area (Å²) >= 11 is 0. The lowest BCUT2D eigenvalue weighted by atomic mass is 10.2. The minimum Gasteiger partial charge on any atom is -0.374 e. The molecule has 1 aliphatic heterocycles. The third kappa shape index (κ3) is 4.57. The van der Waals surface area contributed by atoms with Crippen molar-refractivity contribution in [2.75, 3.05) is 38.2 Å². The summed E-state index contributed by atoms with van der Waals surface area (Å²) in [5.41, 5.74) is 2.13. The van der Waals surface area contributed by atoms with E-state index in [-0.39, 0.29) is 11.9 Å². The van der Waals surface area contributed by atoms with Crippen LogP contribution < -0.4 is 0 Å². The van der Waals surface area contributed by atoms with Crippen molar-refractivity contribution in [3.8, 4) is 0 Å². The maximum atomic E-state index is 11.2. The van der Waals surface area contributed by atoms with Crippen molar-refractivity contribution in [1.29, 1.82) is 0 Å². The van der Waals surface area contributed by atoms with Gasteiger partial charge in [-0.1, -0.05) is 0 Å². The van der Waals surface area contributed by atoms with E-state index in [1.54, 1.807) is 0 Å². The summed E-state index contributed by atoms with van der Waals surface area (Å²) in [6, 6.07) is 2.05. The highest BCUT2D eigenvalue weighted by Gasteiger charge is 2.22. The highest BCUT2D eigenvalue weighted by molar-refractivity contribution is 7.90. The fraction of sp³-hybridized carbons (Fsp3) is 0.769. The molecule has 0 aliphatic carbocycles. The fourth-order valence-corrected chi connectivity index (χ4v) is 3.03. The maximum Gasteiger partial charge on any atom is 0.148 e. The van der Waals surface area contributed by atoms with Crippen LogP contribution in [-0.4, -0.2) is 67.5 Å². The monoisotopic (exact) mass is 301 g/mol. The van der Waals surface area contributed by atoms with Crippen LogP contribution in [0.4, 0.5) is 0 Å². The quantitative estimate of drug-likeness (QED) is 0.780. The second-order valence-corrected chi connectivity index (χ2v) is 7.79. The van der Waals surface area contributed by atoms with Gasteiger partial charge in [0.1, 0.15) is 9.84 Å². The van der Waals surface area contributed by atoms with E-state index in [1.165, 1.54) is 6.26 Å². The van der Waals surface area contributed by atoms with Crippen LogP contribution >= 0.6 is 0 Å². The van der Waals surface area contributed by atoms with E-state index >= 15 is 0 Å². The number of nitrogens with zero attached hydrogens (tertiary/aromatic N) is 3. The van der Waals surface area contributed by atoms with Crippen molar-refractivity contribution in [1.82, 2.24) is 14.7 Å². The zero-order valence-electron chi connectivity index (χ0n) is 12.4. The first-order chi connectivity index (χ1) is 9.33. The molecule has 0 aromatic carbocycles. The van der Waals surface area contributed by atoms with Crippen molar-refractivity contribution in [2.45, 2.75) is 26.5 Å². The molecule has 6 nitrogen and oxygen atoms in total. The summed E-state index contributed by atoms with van der Waals surface area (Å²) in [5, 5.41) is 4.44. The summed E-state index contributed by atoms with van der Waals surface area (Å²) in [5.74, 6) is 0.208. The van der Waals surface area contributed by atoms with Crippen LogP contribution in [0.1, 0.15) is 11.4 Å². The fourth-order valence-electron chi connectivity index (χ4n) is 2.44. The molecule has 1 aliphatic rings. The van der Waals surface area contributed by atoms with Crippen molar-refractivity contribution < 1.29 is 13.2 Å². The molecule has 2 rings (SSSR count). The van der Waals surface area contributed by atoms with Crippen LogP contribution in [0, 0.1) is 13.8 Å². The van der Waals surface area contributed by atoms with Gasteiger partial charge in [0.05, 0.1) is 30.7 Å². The van der Waals surface area contributed by atoms with Crippen LogP contribution in [0.5, 0.6) is 0 Å². The molecule has 20 heavy (non-hydrogen) atoms. The third-order valence-electron chi connectivity index (χ3n) is 3.48. The topological polar surface area (TPSA) is 64.4 Å². The van der Waals surface area contributed by atoms with Crippen LogP contribution in [0.25, 0.3) is 0 Å². The van der Waals surface area contributed by atoms with Gasteiger partial charge in [-0.15, -0.1) is 0 Å². The second kappa shape index (κ2) is 6.24. The Morgan fingerprint density at radius 1 is 1.45 bits per heavy atom. The molecule has 0 spiro atoms. The number of sulfone groups is 1. The van der Waals surface area contributed by atoms with E-state index in [1.807, 2.05) is 24.6 Å². The van der Waals surface area contributed by atoms with Gasteiger partial charge in [-0.05, 0) is 19.9 Å². The highest BCUT2D eigenvalue weighted by atomic mass is 32.2. The number of morpholine rings is 1. The Morgan fingerprint density at radius 2 is 2.20 bits per heavy atom. The van der Waals surface area contributed by atoms with Crippen molar-refractivity contribution in [3.05, 3.63) is 17.5 Å². The molecule has 1 aromatic rings. The Balaban J connectivity index is 1.89. The number of hydrogen-bond acceptors (Lipinski definition) is 5. The molecule has 7 heteroatoms. The zero-order chi connectivity index (χ0) is 14.8. The van der Waals surface area contributed by atoms with Gasteiger partial charge in [0.25, 0.3) is 0 Å². The number of hydrogen-bond donors (Lipinski definition) is 0. The summed E-state index contributed by atoms with van der Waals surface area (Å²) in [6.07, 6.45) is 1.35. The molecule has 0 saturated carbocycles. The van der Waals surface area contributed by atoms with Crippen LogP contribution in [-0.2, 0) is 21.1 Å². The third-order valence-corrected chi connectivity index (χ3v) is 4.41. The lowest BCUT2D eigenvalue weighted by Gasteiger charge is -2.32. The molecule has 1 saturated heterocycles. The average Bonchev–Trinajstić information content (AvgIpc) is 2.65. The van der Waals surface area contributed by atoms with Crippen LogP contribution in [0.15, 0.2) is 6.07 Å². The van der Waals surface area contributed by atoms with Gasteiger partial charge in [0.15, 0.2) is 0 Å². The Bertz CT molecular complexity index is 553. The molecule has 1 atom stereocenters. The number of rotatable bonds is 5. The molecular formula is C13H23N3O3S. The molecule has 0 N–H and O–H groups in total. The number of ether oxygens (including phenoxy) is 1. The lowest BCUT2D eigenvalue weighted by Crippen LogP contribution is -2.45. The zero-order valence-corrected chi connectivity index (χ0v) is 13.2. The van der Waals surface area contributed by atoms with Gasteiger partial charge >= 0.3 is 0 Å². The van der Waals surface area contributed by atoms with Crippen molar-refractivity contribution in [3.63, 3.8) is 0 Å². The first-order valence-electron chi connectivity index (χ1n) is 6.86. The van der Waals surface area contributed by atoms with Gasteiger partial charge in [-0.25, -0.2) is 8.42 Å². The average molecular weight is 301 g/mol.